The van der Waals surface area contributed by atoms with Crippen LogP contribution in [0.15, 0.2) is 39.0 Å². The number of aliphatic carboxylic acids is 1. The van der Waals surface area contributed by atoms with Crippen molar-refractivity contribution >= 4 is 93.7 Å². The average Bonchev–Trinajstić information content (AvgIpc) is 0.760. The molecule has 0 aliphatic carbocycles. The van der Waals surface area contributed by atoms with E-state index in [9.17, 15) is 124 Å². The number of amides is 4. The van der Waals surface area contributed by atoms with Gasteiger partial charge in [0.25, 0.3) is 36.1 Å². The minimum absolute atomic E-state index is 0.0712. The van der Waals surface area contributed by atoms with Crippen LogP contribution in [-0.2, 0) is 92.2 Å². The third kappa shape index (κ3) is 21.4. The molecule has 4 amide bonds. The number of rotatable bonds is 33. The van der Waals surface area contributed by atoms with Gasteiger partial charge < -0.3 is 131 Å². The molecule has 6 rings (SSSR count). The zero-order chi connectivity index (χ0) is 73.8. The van der Waals surface area contributed by atoms with E-state index in [1.807, 2.05) is 0 Å². The SMILES string of the molecule is CC(=O)NC1C(OCCCCCCCCC(=O)NCCNC(=S)NCC(=O)Nc2ccc(S(=O)(=O)O)c3cc(S(=O)(=O)O)cc(S(=O)(=O)O)c23)OC(CO)C(OC2OC(CO)C(O)C(OC3(C(=O)O)CC(O)C(NC(C)=O)C([C@H](O)[C@H](O)CO)O3)C2O)C1OC1OC(C)C(O)C(O)C1O. The fourth-order valence-corrected chi connectivity index (χ4v) is 13.6. The van der Waals surface area contributed by atoms with Gasteiger partial charge in [-0.2, -0.15) is 25.3 Å². The molecule has 4 heterocycles. The topological polar surface area (TPSA) is 637 Å². The van der Waals surface area contributed by atoms with E-state index in [1.54, 1.807) is 0 Å². The molecule has 0 bridgehead atoms. The van der Waals surface area contributed by atoms with E-state index in [2.05, 4.69) is 31.9 Å². The maximum atomic E-state index is 13.2. The Labute approximate surface area is 570 Å². The molecule has 562 valence electrons. The molecular formula is C55H84N6O34S4. The molecule has 2 aromatic carbocycles. The highest BCUT2D eigenvalue weighted by molar-refractivity contribution is 7.87. The summed E-state index contributed by atoms with van der Waals surface area (Å²) in [6, 6.07) is -0.820. The van der Waals surface area contributed by atoms with Gasteiger partial charge in [0.1, 0.15) is 95.2 Å². The predicted octanol–water partition coefficient (Wildman–Crippen LogP) is -7.36. The molecule has 4 aliphatic heterocycles. The summed E-state index contributed by atoms with van der Waals surface area (Å²) >= 11 is 5.17. The Bertz CT molecular complexity index is 3490. The van der Waals surface area contributed by atoms with Crippen LogP contribution in [0.4, 0.5) is 5.69 Å². The van der Waals surface area contributed by atoms with Crippen LogP contribution in [0.5, 0.6) is 0 Å². The maximum Gasteiger partial charge on any atom is 0.364 e. The van der Waals surface area contributed by atoms with Crippen molar-refractivity contribution in [3.63, 3.8) is 0 Å². The number of carboxylic acids is 1. The Balaban J connectivity index is 1.02. The number of carbonyl (C=O) groups is 5. The van der Waals surface area contributed by atoms with Crippen molar-refractivity contribution in [1.82, 2.24) is 26.6 Å². The maximum absolute atomic E-state index is 13.2. The van der Waals surface area contributed by atoms with Crippen LogP contribution < -0.4 is 31.9 Å². The summed E-state index contributed by atoms with van der Waals surface area (Å²) < 4.78 is 150. The number of unbranched alkanes of at least 4 members (excludes halogenated alkanes) is 5. The number of hydrogen-bond donors (Lipinski definition) is 21. The number of aliphatic hydroxyl groups is 11. The van der Waals surface area contributed by atoms with E-state index in [4.69, 9.17) is 50.1 Å². The van der Waals surface area contributed by atoms with Gasteiger partial charge in [-0.25, -0.2) is 4.79 Å². The number of thiocarbonyl (C=S) groups is 1. The molecule has 0 aromatic heterocycles. The lowest BCUT2D eigenvalue weighted by atomic mass is 9.88. The quantitative estimate of drug-likeness (QED) is 0.0179. The average molecular weight is 1500 g/mol. The predicted molar refractivity (Wildman–Crippen MR) is 333 cm³/mol. The highest BCUT2D eigenvalue weighted by Gasteiger charge is 2.61. The van der Waals surface area contributed by atoms with Gasteiger partial charge in [0.2, 0.25) is 23.6 Å². The second kappa shape index (κ2) is 35.7. The summed E-state index contributed by atoms with van der Waals surface area (Å²) in [6.45, 7) is -0.325. The largest absolute Gasteiger partial charge is 0.477 e. The molecule has 0 radical (unpaired) electrons. The summed E-state index contributed by atoms with van der Waals surface area (Å²) in [7, 11) is -15.8. The molecule has 0 saturated carbocycles. The molecule has 44 heteroatoms. The van der Waals surface area contributed by atoms with Crippen molar-refractivity contribution in [1.29, 1.82) is 0 Å². The second-order valence-electron chi connectivity index (χ2n) is 23.6. The van der Waals surface area contributed by atoms with Crippen molar-refractivity contribution in [3.05, 3.63) is 24.3 Å². The van der Waals surface area contributed by atoms with Crippen molar-refractivity contribution < 1.29 is 162 Å². The van der Waals surface area contributed by atoms with Gasteiger partial charge in [-0.1, -0.05) is 25.7 Å². The first-order valence-electron chi connectivity index (χ1n) is 30.7. The number of fused-ring (bicyclic) bond motifs is 1. The monoisotopic (exact) mass is 1500 g/mol. The molecule has 99 heavy (non-hydrogen) atoms. The van der Waals surface area contributed by atoms with Crippen molar-refractivity contribution in [2.45, 2.75) is 215 Å². The van der Waals surface area contributed by atoms with Crippen molar-refractivity contribution in [2.24, 2.45) is 0 Å². The number of anilines is 1. The first-order valence-corrected chi connectivity index (χ1v) is 35.4. The lowest BCUT2D eigenvalue weighted by molar-refractivity contribution is -0.391. The Morgan fingerprint density at radius 3 is 1.84 bits per heavy atom. The van der Waals surface area contributed by atoms with Crippen LogP contribution in [0.25, 0.3) is 10.8 Å². The van der Waals surface area contributed by atoms with Gasteiger partial charge in [-0.15, -0.1) is 0 Å². The number of hydrogen-bond acceptors (Lipinski definition) is 31. The Morgan fingerprint density at radius 2 is 1.24 bits per heavy atom. The van der Waals surface area contributed by atoms with E-state index in [0.717, 1.165) is 19.9 Å². The highest BCUT2D eigenvalue weighted by Crippen LogP contribution is 2.41. The van der Waals surface area contributed by atoms with Crippen LogP contribution >= 0.6 is 12.2 Å². The summed E-state index contributed by atoms with van der Waals surface area (Å²) in [6.07, 6.45) is -32.3. The van der Waals surface area contributed by atoms with Crippen molar-refractivity contribution in [2.75, 3.05) is 51.4 Å². The van der Waals surface area contributed by atoms with Gasteiger partial charge >= 0.3 is 5.97 Å². The summed E-state index contributed by atoms with van der Waals surface area (Å²) in [4.78, 5) is 60.4. The minimum Gasteiger partial charge on any atom is -0.477 e. The third-order valence-electron chi connectivity index (χ3n) is 16.3. The lowest BCUT2D eigenvalue weighted by Crippen LogP contribution is -2.71. The molecule has 40 nitrogen and oxygen atoms in total. The molecule has 4 saturated heterocycles. The molecule has 21 N–H and O–H groups in total. The molecule has 2 aromatic rings. The first kappa shape index (κ1) is 82.7. The second-order valence-corrected chi connectivity index (χ2v) is 28.2. The lowest BCUT2D eigenvalue weighted by Gasteiger charge is -2.51. The third-order valence-corrected chi connectivity index (χ3v) is 19.2. The number of ether oxygens (including phenoxy) is 8. The molecular weight excluding hydrogens is 1420 g/mol. The Kier molecular flexibility index (Phi) is 29.8. The zero-order valence-electron chi connectivity index (χ0n) is 53.1. The number of carbonyl (C=O) groups excluding carboxylic acids is 4. The van der Waals surface area contributed by atoms with Crippen LogP contribution in [0.2, 0.25) is 0 Å². The number of benzene rings is 2. The number of aliphatic hydroxyl groups excluding tert-OH is 11. The Morgan fingerprint density at radius 1 is 0.657 bits per heavy atom. The Hall–Kier alpha value is -5.29. The molecule has 21 atom stereocenters. The van der Waals surface area contributed by atoms with E-state index in [-0.39, 0.29) is 37.1 Å². The molecule has 0 spiro atoms. The van der Waals surface area contributed by atoms with Crippen LogP contribution in [-0.4, -0.2) is 309 Å². The summed E-state index contributed by atoms with van der Waals surface area (Å²) in [5.41, 5.74) is -0.470. The van der Waals surface area contributed by atoms with Crippen molar-refractivity contribution in [3.8, 4) is 0 Å². The fraction of sp³-hybridized carbons (Fsp3) is 0.709. The van der Waals surface area contributed by atoms with Crippen LogP contribution in [0, 0.1) is 0 Å². The van der Waals surface area contributed by atoms with E-state index in [0.29, 0.717) is 56.7 Å². The van der Waals surface area contributed by atoms with E-state index >= 15 is 0 Å². The van der Waals surface area contributed by atoms with Gasteiger partial charge in [-0.3, -0.25) is 32.8 Å². The number of carboxylic acid groups (broad SMARTS) is 1. The molecule has 4 fully saturated rings. The van der Waals surface area contributed by atoms with Gasteiger partial charge in [0.15, 0.2) is 24.0 Å². The fourth-order valence-electron chi connectivity index (χ4n) is 11.4. The van der Waals surface area contributed by atoms with Crippen LogP contribution in [0.1, 0.15) is 72.1 Å². The first-order chi connectivity index (χ1) is 46.3. The molecule has 19 unspecified atom stereocenters. The van der Waals surface area contributed by atoms with Gasteiger partial charge in [0.05, 0.1) is 55.2 Å². The summed E-state index contributed by atoms with van der Waals surface area (Å²) in [5, 5.41) is 143. The van der Waals surface area contributed by atoms with Gasteiger partial charge in [0, 0.05) is 57.2 Å². The summed E-state index contributed by atoms with van der Waals surface area (Å²) in [5.74, 6) is -8.04. The zero-order valence-corrected chi connectivity index (χ0v) is 56.3. The highest BCUT2D eigenvalue weighted by atomic mass is 32.2. The van der Waals surface area contributed by atoms with Crippen LogP contribution in [0.3, 0.4) is 0 Å². The standard InChI is InChI=1S/C55H84N6O34S4/c1-23-40(71)43(74)44(75)51(89-23)93-48-39(60-25(3)66)50(91-32(22-64)46(48)92-52-45(76)49(42(73)31(21-63)90-52)95-55(53(77)78)18-29(67)38(59-24(2)65)47(94-55)41(72)30(68)20-62)88-15-9-7-5-4-6-8-10-35(69)56-13-14-57-54(96)58-19-36(70)61-28-11-12-33(98(82,83)84)27-16-26(97(79,80)81)17-34(37(27)28)99(85,86)87/h11-12,16-17,23,29-32,38-52,62-64,67-68,71-76H,4-10,13-15,18-22H2,1-3H3,(H,56,69)(H,59,65)(H,60,66)(H,61,70)(H,77,78)(H2,57,58,96)(H,79,80,81)(H,82,83,84)(H,85,86,87)/t23?,29?,30-,31?,32?,38?,39?,40?,41-,42?,43?,44?,45?,46?,47?,48?,49?,50?,51?,52?,55?/m1/s1. The number of nitrogens with one attached hydrogen (secondary N) is 6. The van der Waals surface area contributed by atoms with Gasteiger partial charge in [-0.05, 0) is 56.2 Å². The molecule has 4 aliphatic rings. The normalized spacial score (nSPS) is 31.3. The minimum atomic E-state index is -5.39. The van der Waals surface area contributed by atoms with E-state index < -0.39 is 246 Å². The van der Waals surface area contributed by atoms with E-state index in [1.165, 1.54) is 6.92 Å². The smallest absolute Gasteiger partial charge is 0.364 e.